The Labute approximate surface area is 155 Å². The molecule has 0 unspecified atom stereocenters. The molecule has 1 aromatic heterocycles. The minimum Gasteiger partial charge on any atom is -0.370 e. The number of thioether (sulfide) groups is 1. The summed E-state index contributed by atoms with van der Waals surface area (Å²) in [6.07, 6.45) is 3.54. The molecule has 1 aromatic carbocycles. The maximum Gasteiger partial charge on any atom is 0.219 e. The van der Waals surface area contributed by atoms with Gasteiger partial charge in [-0.2, -0.15) is 0 Å². The normalized spacial score (nSPS) is 13.7. The van der Waals surface area contributed by atoms with Crippen LogP contribution in [0.2, 0.25) is 0 Å². The third-order valence-corrected chi connectivity index (χ3v) is 5.27. The molecule has 2 N–H and O–H groups in total. The summed E-state index contributed by atoms with van der Waals surface area (Å²) in [4.78, 5) is 23.2. The number of aromatic nitrogens is 3. The molecule has 1 aliphatic carbocycles. The van der Waals surface area contributed by atoms with Gasteiger partial charge in [0.2, 0.25) is 5.91 Å². The minimum atomic E-state index is -0.348. The van der Waals surface area contributed by atoms with Gasteiger partial charge in [-0.3, -0.25) is 9.59 Å². The molecule has 0 radical (unpaired) electrons. The zero-order valence-corrected chi connectivity index (χ0v) is 15.2. The number of halogens is 1. The Kier molecular flexibility index (Phi) is 6.03. The van der Waals surface area contributed by atoms with Crippen molar-refractivity contribution in [3.63, 3.8) is 0 Å². The third-order valence-electron chi connectivity index (χ3n) is 4.22. The number of amides is 1. The number of primary amides is 1. The predicted octanol–water partition coefficient (Wildman–Crippen LogP) is 2.93. The van der Waals surface area contributed by atoms with E-state index in [1.54, 1.807) is 0 Å². The van der Waals surface area contributed by atoms with E-state index in [1.807, 2.05) is 4.57 Å². The van der Waals surface area contributed by atoms with Crippen LogP contribution in [-0.4, -0.2) is 32.2 Å². The van der Waals surface area contributed by atoms with Crippen molar-refractivity contribution in [1.29, 1.82) is 0 Å². The van der Waals surface area contributed by atoms with E-state index in [4.69, 9.17) is 5.73 Å². The molecule has 1 saturated carbocycles. The van der Waals surface area contributed by atoms with E-state index < -0.39 is 0 Å². The first-order valence-electron chi connectivity index (χ1n) is 8.67. The molecule has 8 heteroatoms. The topological polar surface area (TPSA) is 90.9 Å². The first-order valence-corrected chi connectivity index (χ1v) is 9.66. The molecule has 1 fully saturated rings. The van der Waals surface area contributed by atoms with Gasteiger partial charge >= 0.3 is 0 Å². The summed E-state index contributed by atoms with van der Waals surface area (Å²) in [5.74, 6) is 1.38. The molecule has 1 aliphatic rings. The predicted molar refractivity (Wildman–Crippen MR) is 96.5 cm³/mol. The summed E-state index contributed by atoms with van der Waals surface area (Å²) < 4.78 is 14.9. The largest absolute Gasteiger partial charge is 0.370 e. The van der Waals surface area contributed by atoms with Crippen molar-refractivity contribution in [3.05, 3.63) is 41.5 Å². The number of hydrogen-bond donors (Lipinski definition) is 1. The second-order valence-electron chi connectivity index (χ2n) is 6.37. The van der Waals surface area contributed by atoms with Gasteiger partial charge in [0.05, 0.1) is 0 Å². The van der Waals surface area contributed by atoms with Crippen molar-refractivity contribution in [2.45, 2.75) is 49.7 Å². The molecule has 26 heavy (non-hydrogen) atoms. The maximum absolute atomic E-state index is 12.9. The van der Waals surface area contributed by atoms with E-state index >= 15 is 0 Å². The number of hydrogen-bond acceptors (Lipinski definition) is 5. The van der Waals surface area contributed by atoms with Gasteiger partial charge in [0, 0.05) is 36.6 Å². The third kappa shape index (κ3) is 4.91. The quantitative estimate of drug-likeness (QED) is 0.391. The SMILES string of the molecule is NC(=O)CCn1c(SCCCC(=O)c2ccc(F)cc2)nnc1C1CC1. The van der Waals surface area contributed by atoms with Crippen molar-refractivity contribution >= 4 is 23.5 Å². The van der Waals surface area contributed by atoms with Crippen LogP contribution in [0.4, 0.5) is 4.39 Å². The summed E-state index contributed by atoms with van der Waals surface area (Å²) in [7, 11) is 0. The van der Waals surface area contributed by atoms with Crippen LogP contribution in [0.3, 0.4) is 0 Å². The van der Waals surface area contributed by atoms with Crippen LogP contribution in [0.25, 0.3) is 0 Å². The molecule has 0 bridgehead atoms. The Balaban J connectivity index is 1.52. The van der Waals surface area contributed by atoms with Crippen LogP contribution in [-0.2, 0) is 11.3 Å². The van der Waals surface area contributed by atoms with Crippen LogP contribution >= 0.6 is 11.8 Å². The number of rotatable bonds is 10. The lowest BCUT2D eigenvalue weighted by Gasteiger charge is -2.08. The summed E-state index contributed by atoms with van der Waals surface area (Å²) in [6, 6.07) is 5.60. The van der Waals surface area contributed by atoms with Crippen molar-refractivity contribution in [2.75, 3.05) is 5.75 Å². The lowest BCUT2D eigenvalue weighted by molar-refractivity contribution is -0.118. The molecule has 1 amide bonds. The van der Waals surface area contributed by atoms with Crippen LogP contribution in [0.5, 0.6) is 0 Å². The van der Waals surface area contributed by atoms with E-state index in [0.717, 1.165) is 23.8 Å². The van der Waals surface area contributed by atoms with Gasteiger partial charge in [-0.1, -0.05) is 11.8 Å². The number of Topliss-reactive ketones (excluding diaryl/α,β-unsaturated/α-hetero) is 1. The number of ketones is 1. The Bertz CT molecular complexity index is 787. The fraction of sp³-hybridized carbons (Fsp3) is 0.444. The van der Waals surface area contributed by atoms with Crippen molar-refractivity contribution in [1.82, 2.24) is 14.8 Å². The molecule has 6 nitrogen and oxygen atoms in total. The standard InChI is InChI=1S/C18H21FN4O2S/c19-14-7-5-12(6-8-14)15(24)2-1-11-26-18-22-21-17(13-3-4-13)23(18)10-9-16(20)25/h5-8,13H,1-4,9-11H2,(H2,20,25). The van der Waals surface area contributed by atoms with Crippen molar-refractivity contribution in [2.24, 2.45) is 5.73 Å². The van der Waals surface area contributed by atoms with Gasteiger partial charge in [0.1, 0.15) is 11.6 Å². The lowest BCUT2D eigenvalue weighted by Crippen LogP contribution is -2.15. The van der Waals surface area contributed by atoms with E-state index in [0.29, 0.717) is 36.6 Å². The Morgan fingerprint density at radius 3 is 2.58 bits per heavy atom. The van der Waals surface area contributed by atoms with E-state index in [-0.39, 0.29) is 23.9 Å². The van der Waals surface area contributed by atoms with Crippen molar-refractivity contribution < 1.29 is 14.0 Å². The number of nitrogens with two attached hydrogens (primary N) is 1. The van der Waals surface area contributed by atoms with Crippen LogP contribution in [0, 0.1) is 5.82 Å². The molecule has 0 aliphatic heterocycles. The number of carbonyl (C=O) groups excluding carboxylic acids is 2. The lowest BCUT2D eigenvalue weighted by atomic mass is 10.1. The van der Waals surface area contributed by atoms with Gasteiger partial charge in [-0.05, 0) is 43.5 Å². The summed E-state index contributed by atoms with van der Waals surface area (Å²) in [5.41, 5.74) is 5.78. The van der Waals surface area contributed by atoms with E-state index in [2.05, 4.69) is 10.2 Å². The molecule has 2 aromatic rings. The molecule has 1 heterocycles. The maximum atomic E-state index is 12.9. The highest BCUT2D eigenvalue weighted by atomic mass is 32.2. The summed E-state index contributed by atoms with van der Waals surface area (Å²) >= 11 is 1.53. The Morgan fingerprint density at radius 1 is 1.19 bits per heavy atom. The average Bonchev–Trinajstić information content (AvgIpc) is 3.38. The molecule has 3 rings (SSSR count). The van der Waals surface area contributed by atoms with Crippen molar-refractivity contribution in [3.8, 4) is 0 Å². The first-order chi connectivity index (χ1) is 12.5. The monoisotopic (exact) mass is 376 g/mol. The fourth-order valence-electron chi connectivity index (χ4n) is 2.66. The molecule has 138 valence electrons. The Hall–Kier alpha value is -2.22. The summed E-state index contributed by atoms with van der Waals surface area (Å²) in [6.45, 7) is 0.491. The smallest absolute Gasteiger partial charge is 0.219 e. The van der Waals surface area contributed by atoms with E-state index in [1.165, 1.54) is 36.0 Å². The van der Waals surface area contributed by atoms with Crippen LogP contribution in [0.1, 0.15) is 54.2 Å². The second-order valence-corrected chi connectivity index (χ2v) is 7.43. The van der Waals surface area contributed by atoms with Gasteiger partial charge in [0.25, 0.3) is 0 Å². The Morgan fingerprint density at radius 2 is 1.92 bits per heavy atom. The highest BCUT2D eigenvalue weighted by Gasteiger charge is 2.30. The van der Waals surface area contributed by atoms with E-state index in [9.17, 15) is 14.0 Å². The molecule has 0 saturated heterocycles. The van der Waals surface area contributed by atoms with Gasteiger partial charge in [-0.25, -0.2) is 4.39 Å². The molecular weight excluding hydrogens is 355 g/mol. The number of benzene rings is 1. The van der Waals surface area contributed by atoms with Crippen LogP contribution in [0.15, 0.2) is 29.4 Å². The highest BCUT2D eigenvalue weighted by Crippen LogP contribution is 2.40. The van der Waals surface area contributed by atoms with Gasteiger partial charge in [-0.15, -0.1) is 10.2 Å². The zero-order chi connectivity index (χ0) is 18.5. The average molecular weight is 376 g/mol. The number of carbonyl (C=O) groups is 2. The summed E-state index contributed by atoms with van der Waals surface area (Å²) in [5, 5.41) is 9.27. The fourth-order valence-corrected chi connectivity index (χ4v) is 3.57. The highest BCUT2D eigenvalue weighted by molar-refractivity contribution is 7.99. The van der Waals surface area contributed by atoms with Gasteiger partial charge in [0.15, 0.2) is 10.9 Å². The molecule has 0 spiro atoms. The van der Waals surface area contributed by atoms with Crippen LogP contribution < -0.4 is 5.73 Å². The number of nitrogens with zero attached hydrogens (tertiary/aromatic N) is 3. The second kappa shape index (κ2) is 8.44. The zero-order valence-electron chi connectivity index (χ0n) is 14.4. The molecular formula is C18H21FN4O2S. The minimum absolute atomic E-state index is 0.000496. The first kappa shape index (κ1) is 18.6. The van der Waals surface area contributed by atoms with Gasteiger partial charge < -0.3 is 10.3 Å². The molecule has 0 atom stereocenters.